The maximum absolute atomic E-state index is 5.66. The van der Waals surface area contributed by atoms with Crippen molar-refractivity contribution in [3.8, 4) is 23.0 Å². The molecule has 0 aliphatic rings. The van der Waals surface area contributed by atoms with E-state index < -0.39 is 0 Å². The van der Waals surface area contributed by atoms with Gasteiger partial charge in [0, 0.05) is 6.07 Å². The first kappa shape index (κ1) is 11.3. The molecular formula is C13H12NO3. The van der Waals surface area contributed by atoms with Crippen LogP contribution in [0.3, 0.4) is 0 Å². The maximum atomic E-state index is 5.66. The molecule has 0 aliphatic carbocycles. The number of hydrogen-bond acceptors (Lipinski definition) is 4. The maximum Gasteiger partial charge on any atom is 0.173 e. The summed E-state index contributed by atoms with van der Waals surface area (Å²) in [6.07, 6.45) is 4.27. The Balaban J connectivity index is 2.30. The van der Waals surface area contributed by atoms with E-state index in [4.69, 9.17) is 14.2 Å². The monoisotopic (exact) mass is 230 g/mol. The van der Waals surface area contributed by atoms with Crippen molar-refractivity contribution in [3.05, 3.63) is 42.7 Å². The average molecular weight is 230 g/mol. The van der Waals surface area contributed by atoms with Gasteiger partial charge in [0.1, 0.15) is 11.5 Å². The number of aromatic nitrogens is 1. The number of rotatable bonds is 4. The van der Waals surface area contributed by atoms with E-state index in [0.29, 0.717) is 23.0 Å². The summed E-state index contributed by atoms with van der Waals surface area (Å²) in [5.74, 6) is 2.55. The van der Waals surface area contributed by atoms with Gasteiger partial charge in [-0.05, 0) is 24.3 Å². The molecule has 87 valence electrons. The normalized spacial score (nSPS) is 9.76. The van der Waals surface area contributed by atoms with Crippen molar-refractivity contribution in [2.75, 3.05) is 14.2 Å². The van der Waals surface area contributed by atoms with E-state index in [9.17, 15) is 0 Å². The highest BCUT2D eigenvalue weighted by Crippen LogP contribution is 2.34. The molecule has 1 aromatic heterocycles. The lowest BCUT2D eigenvalue weighted by Gasteiger charge is -2.11. The Morgan fingerprint density at radius 3 is 2.53 bits per heavy atom. The van der Waals surface area contributed by atoms with Crippen LogP contribution in [0, 0.1) is 6.20 Å². The van der Waals surface area contributed by atoms with Crippen molar-refractivity contribution >= 4 is 0 Å². The number of benzene rings is 1. The third-order valence-corrected chi connectivity index (χ3v) is 2.19. The summed E-state index contributed by atoms with van der Waals surface area (Å²) >= 11 is 0. The highest BCUT2D eigenvalue weighted by Gasteiger charge is 2.07. The molecule has 0 aliphatic heterocycles. The van der Waals surface area contributed by atoms with Crippen molar-refractivity contribution in [3.63, 3.8) is 0 Å². The average Bonchev–Trinajstić information content (AvgIpc) is 2.40. The van der Waals surface area contributed by atoms with Crippen LogP contribution in [-0.4, -0.2) is 19.2 Å². The highest BCUT2D eigenvalue weighted by atomic mass is 16.5. The zero-order chi connectivity index (χ0) is 12.1. The molecule has 1 aromatic carbocycles. The van der Waals surface area contributed by atoms with Gasteiger partial charge in [-0.2, -0.15) is 0 Å². The molecule has 0 fully saturated rings. The SMILES string of the molecule is COc1ccc(OC)c(Oc2cc[c]nc2)c1. The molecule has 0 bridgehead atoms. The Bertz CT molecular complexity index is 485. The van der Waals surface area contributed by atoms with Crippen molar-refractivity contribution in [2.45, 2.75) is 0 Å². The summed E-state index contributed by atoms with van der Waals surface area (Å²) in [5.41, 5.74) is 0. The van der Waals surface area contributed by atoms with E-state index in [0.717, 1.165) is 0 Å². The lowest BCUT2D eigenvalue weighted by molar-refractivity contribution is 0.370. The molecule has 17 heavy (non-hydrogen) atoms. The fraction of sp³-hybridized carbons (Fsp3) is 0.154. The molecule has 0 spiro atoms. The molecule has 2 rings (SSSR count). The van der Waals surface area contributed by atoms with Crippen LogP contribution in [0.25, 0.3) is 0 Å². The number of methoxy groups -OCH3 is 2. The Labute approximate surface area is 99.8 Å². The molecule has 4 nitrogen and oxygen atoms in total. The second-order valence-corrected chi connectivity index (χ2v) is 3.24. The van der Waals surface area contributed by atoms with Crippen LogP contribution >= 0.6 is 0 Å². The molecule has 1 heterocycles. The third-order valence-electron chi connectivity index (χ3n) is 2.19. The standard InChI is InChI=1S/C13H12NO3/c1-15-10-5-6-12(16-2)13(8-10)17-11-4-3-7-14-9-11/h3-6,8-9H,1-2H3. The summed E-state index contributed by atoms with van der Waals surface area (Å²) in [6.45, 7) is 0. The Morgan fingerprint density at radius 2 is 1.88 bits per heavy atom. The van der Waals surface area contributed by atoms with Crippen LogP contribution in [-0.2, 0) is 0 Å². The third kappa shape index (κ3) is 2.66. The van der Waals surface area contributed by atoms with Crippen LogP contribution in [0.2, 0.25) is 0 Å². The Morgan fingerprint density at radius 1 is 1.00 bits per heavy atom. The van der Waals surface area contributed by atoms with Gasteiger partial charge in [-0.15, -0.1) is 0 Å². The molecule has 0 atom stereocenters. The summed E-state index contributed by atoms with van der Waals surface area (Å²) in [5, 5.41) is 0. The second-order valence-electron chi connectivity index (χ2n) is 3.24. The van der Waals surface area contributed by atoms with Gasteiger partial charge in [0.15, 0.2) is 11.5 Å². The van der Waals surface area contributed by atoms with E-state index >= 15 is 0 Å². The first-order valence-electron chi connectivity index (χ1n) is 5.05. The molecule has 2 aromatic rings. The molecule has 0 unspecified atom stereocenters. The minimum Gasteiger partial charge on any atom is -0.497 e. The van der Waals surface area contributed by atoms with Crippen LogP contribution in [0.4, 0.5) is 0 Å². The van der Waals surface area contributed by atoms with Crippen LogP contribution in [0.1, 0.15) is 0 Å². The van der Waals surface area contributed by atoms with E-state index in [1.165, 1.54) is 0 Å². The Hall–Kier alpha value is -2.23. The van der Waals surface area contributed by atoms with Gasteiger partial charge in [0.2, 0.25) is 0 Å². The van der Waals surface area contributed by atoms with Gasteiger partial charge in [-0.3, -0.25) is 4.98 Å². The summed E-state index contributed by atoms with van der Waals surface area (Å²) in [6, 6.07) is 8.81. The van der Waals surface area contributed by atoms with Crippen molar-refractivity contribution in [1.29, 1.82) is 0 Å². The van der Waals surface area contributed by atoms with Crippen molar-refractivity contribution < 1.29 is 14.2 Å². The zero-order valence-corrected chi connectivity index (χ0v) is 9.64. The van der Waals surface area contributed by atoms with E-state index in [2.05, 4.69) is 11.2 Å². The smallest absolute Gasteiger partial charge is 0.173 e. The minimum atomic E-state index is 0.583. The summed E-state index contributed by atoms with van der Waals surface area (Å²) in [4.78, 5) is 3.86. The summed E-state index contributed by atoms with van der Waals surface area (Å²) < 4.78 is 16.0. The predicted molar refractivity (Wildman–Crippen MR) is 62.7 cm³/mol. The topological polar surface area (TPSA) is 40.6 Å². The molecule has 4 heteroatoms. The first-order chi connectivity index (χ1) is 8.33. The molecule has 0 amide bonds. The molecular weight excluding hydrogens is 218 g/mol. The minimum absolute atomic E-state index is 0.583. The molecule has 0 N–H and O–H groups in total. The number of hydrogen-bond donors (Lipinski definition) is 0. The lowest BCUT2D eigenvalue weighted by atomic mass is 10.3. The fourth-order valence-electron chi connectivity index (χ4n) is 1.36. The number of ether oxygens (including phenoxy) is 3. The number of nitrogens with zero attached hydrogens (tertiary/aromatic N) is 1. The van der Waals surface area contributed by atoms with E-state index in [1.807, 2.05) is 6.07 Å². The Kier molecular flexibility index (Phi) is 3.45. The predicted octanol–water partition coefficient (Wildman–Crippen LogP) is 2.69. The molecule has 1 radical (unpaired) electrons. The van der Waals surface area contributed by atoms with Crippen LogP contribution in [0.5, 0.6) is 23.0 Å². The van der Waals surface area contributed by atoms with Gasteiger partial charge < -0.3 is 14.2 Å². The quantitative estimate of drug-likeness (QED) is 0.809. The molecule has 0 saturated carbocycles. The number of pyridine rings is 1. The van der Waals surface area contributed by atoms with Gasteiger partial charge in [-0.25, -0.2) is 0 Å². The van der Waals surface area contributed by atoms with Gasteiger partial charge in [0.25, 0.3) is 0 Å². The van der Waals surface area contributed by atoms with Crippen LogP contribution in [0.15, 0.2) is 36.5 Å². The lowest BCUT2D eigenvalue weighted by Crippen LogP contribution is -1.92. The highest BCUT2D eigenvalue weighted by molar-refractivity contribution is 5.47. The zero-order valence-electron chi connectivity index (χ0n) is 9.64. The van der Waals surface area contributed by atoms with Gasteiger partial charge in [0.05, 0.1) is 26.6 Å². The van der Waals surface area contributed by atoms with Crippen molar-refractivity contribution in [1.82, 2.24) is 4.98 Å². The van der Waals surface area contributed by atoms with Crippen LogP contribution < -0.4 is 14.2 Å². The molecule has 0 saturated heterocycles. The van der Waals surface area contributed by atoms with E-state index in [1.54, 1.807) is 44.7 Å². The fourth-order valence-corrected chi connectivity index (χ4v) is 1.36. The van der Waals surface area contributed by atoms with E-state index in [-0.39, 0.29) is 0 Å². The second kappa shape index (κ2) is 5.21. The largest absolute Gasteiger partial charge is 0.497 e. The van der Waals surface area contributed by atoms with Gasteiger partial charge >= 0.3 is 0 Å². The first-order valence-corrected chi connectivity index (χ1v) is 5.05. The summed E-state index contributed by atoms with van der Waals surface area (Å²) in [7, 11) is 3.19. The van der Waals surface area contributed by atoms with Gasteiger partial charge in [-0.1, -0.05) is 0 Å². The van der Waals surface area contributed by atoms with Crippen molar-refractivity contribution in [2.24, 2.45) is 0 Å².